The maximum absolute atomic E-state index is 14.1. The molecule has 7 heteroatoms. The lowest BCUT2D eigenvalue weighted by molar-refractivity contribution is -0.282. The fourth-order valence-electron chi connectivity index (χ4n) is 2.46. The fraction of sp³-hybridized carbons (Fsp3) is 0.357. The first-order valence-electron chi connectivity index (χ1n) is 6.02. The number of carbonyl (C=O) groups excluding carboxylic acids is 1. The van der Waals surface area contributed by atoms with Crippen LogP contribution < -0.4 is 4.90 Å². The number of nitrogens with zero attached hydrogens (tertiary/aromatic N) is 1. The summed E-state index contributed by atoms with van der Waals surface area (Å²) in [5, 5.41) is 0. The largest absolute Gasteiger partial charge is 0.433 e. The number of alkyl halides is 3. The molecule has 0 aliphatic carbocycles. The number of terminal acetylenes is 1. The predicted octanol–water partition coefficient (Wildman–Crippen LogP) is 3.79. The van der Waals surface area contributed by atoms with E-state index in [1.54, 1.807) is 0 Å². The topological polar surface area (TPSA) is 29.5 Å². The quantitative estimate of drug-likeness (QED) is 0.583. The number of carbonyl (C=O) groups is 1. The summed E-state index contributed by atoms with van der Waals surface area (Å²) in [5.74, 6) is -2.37. The van der Waals surface area contributed by atoms with Gasteiger partial charge in [-0.3, -0.25) is 0 Å². The minimum absolute atomic E-state index is 0.334. The molecule has 0 saturated carbocycles. The fourth-order valence-corrected chi connectivity index (χ4v) is 2.46. The van der Waals surface area contributed by atoms with Gasteiger partial charge in [0.1, 0.15) is 5.82 Å². The molecular weight excluding hydrogens is 290 g/mol. The summed E-state index contributed by atoms with van der Waals surface area (Å²) in [4.78, 5) is 12.3. The zero-order valence-corrected chi connectivity index (χ0v) is 11.2. The van der Waals surface area contributed by atoms with Gasteiger partial charge in [0.05, 0.1) is 11.3 Å². The molecule has 1 aromatic carbocycles. The smallest absolute Gasteiger partial charge is 0.427 e. The maximum Gasteiger partial charge on any atom is 0.433 e. The normalized spacial score (nSPS) is 21.8. The number of rotatable bonds is 1. The molecule has 0 saturated heterocycles. The molecule has 21 heavy (non-hydrogen) atoms. The molecule has 0 spiro atoms. The van der Waals surface area contributed by atoms with Crippen LogP contribution in [-0.2, 0) is 10.3 Å². The molecule has 1 unspecified atom stereocenters. The van der Waals surface area contributed by atoms with Crippen LogP contribution in [0.5, 0.6) is 0 Å². The van der Waals surface area contributed by atoms with Crippen molar-refractivity contribution in [2.24, 2.45) is 5.92 Å². The molecule has 1 aromatic rings. The Morgan fingerprint density at radius 3 is 2.48 bits per heavy atom. The molecule has 0 radical (unpaired) electrons. The Bertz CT molecular complexity index is 633. The summed E-state index contributed by atoms with van der Waals surface area (Å²) >= 11 is 0. The lowest BCUT2D eigenvalue weighted by Gasteiger charge is -2.44. The van der Waals surface area contributed by atoms with Crippen LogP contribution in [0.2, 0.25) is 0 Å². The highest BCUT2D eigenvalue weighted by Gasteiger charge is 2.66. The molecule has 0 fully saturated rings. The number of hydrogen-bond donors (Lipinski definition) is 0. The Kier molecular flexibility index (Phi) is 3.36. The number of benzene rings is 1. The lowest BCUT2D eigenvalue weighted by Crippen LogP contribution is -2.56. The first-order valence-corrected chi connectivity index (χ1v) is 6.02. The summed E-state index contributed by atoms with van der Waals surface area (Å²) in [5.41, 5.74) is -4.18. The molecule has 0 bridgehead atoms. The van der Waals surface area contributed by atoms with Gasteiger partial charge >= 0.3 is 12.3 Å². The van der Waals surface area contributed by atoms with Crippen molar-refractivity contribution in [2.75, 3.05) is 4.90 Å². The van der Waals surface area contributed by atoms with Crippen LogP contribution in [0.25, 0.3) is 0 Å². The highest BCUT2D eigenvalue weighted by atomic mass is 19.4. The van der Waals surface area contributed by atoms with Crippen molar-refractivity contribution in [3.63, 3.8) is 0 Å². The summed E-state index contributed by atoms with van der Waals surface area (Å²) in [6.45, 7) is 2.39. The van der Waals surface area contributed by atoms with Crippen LogP contribution in [0.3, 0.4) is 0 Å². The van der Waals surface area contributed by atoms with Gasteiger partial charge < -0.3 is 4.74 Å². The van der Waals surface area contributed by atoms with E-state index in [-0.39, 0.29) is 5.69 Å². The summed E-state index contributed by atoms with van der Waals surface area (Å²) in [7, 11) is 0. The van der Waals surface area contributed by atoms with Gasteiger partial charge in [-0.05, 0) is 12.1 Å². The number of anilines is 1. The third kappa shape index (κ3) is 1.94. The van der Waals surface area contributed by atoms with E-state index in [1.807, 2.05) is 6.04 Å². The zero-order valence-electron chi connectivity index (χ0n) is 11.2. The zero-order chi connectivity index (χ0) is 16.0. The predicted molar refractivity (Wildman–Crippen MR) is 66.8 cm³/mol. The Balaban J connectivity index is 2.88. The van der Waals surface area contributed by atoms with Gasteiger partial charge in [-0.1, -0.05) is 26.3 Å². The van der Waals surface area contributed by atoms with Gasteiger partial charge in [0.15, 0.2) is 0 Å². The number of ether oxygens (including phenoxy) is 1. The summed E-state index contributed by atoms with van der Waals surface area (Å²) in [6.07, 6.45) is -1.25. The third-order valence-electron chi connectivity index (χ3n) is 3.40. The molecule has 0 N–H and O–H groups in total. The van der Waals surface area contributed by atoms with Crippen LogP contribution in [0.1, 0.15) is 19.4 Å². The Hall–Kier alpha value is -2.23. The van der Waals surface area contributed by atoms with Gasteiger partial charge in [-0.2, -0.15) is 13.2 Å². The molecule has 112 valence electrons. The van der Waals surface area contributed by atoms with Gasteiger partial charge in [0.25, 0.3) is 0 Å². The second kappa shape index (κ2) is 4.65. The number of hydrogen-bond acceptors (Lipinski definition) is 2. The van der Waals surface area contributed by atoms with E-state index >= 15 is 0 Å². The first-order chi connectivity index (χ1) is 9.66. The van der Waals surface area contributed by atoms with E-state index in [2.05, 4.69) is 4.74 Å². The van der Waals surface area contributed by atoms with Crippen LogP contribution in [0, 0.1) is 24.2 Å². The highest BCUT2D eigenvalue weighted by molar-refractivity contribution is 5.95. The number of fused-ring (bicyclic) bond motifs is 1. The Morgan fingerprint density at radius 2 is 2.00 bits per heavy atom. The number of cyclic esters (lactones) is 1. The molecule has 3 nitrogen and oxygen atoms in total. The Morgan fingerprint density at radius 1 is 1.38 bits per heavy atom. The second-order valence-electron chi connectivity index (χ2n) is 4.85. The summed E-state index contributed by atoms with van der Waals surface area (Å²) in [6, 6.07) is 5.09. The highest BCUT2D eigenvalue weighted by Crippen LogP contribution is 2.53. The molecule has 1 amide bonds. The minimum Gasteiger partial charge on any atom is -0.427 e. The van der Waals surface area contributed by atoms with Crippen molar-refractivity contribution >= 4 is 11.8 Å². The van der Waals surface area contributed by atoms with Crippen molar-refractivity contribution in [1.29, 1.82) is 0 Å². The molecule has 1 atom stereocenters. The molecule has 0 aromatic heterocycles. The lowest BCUT2D eigenvalue weighted by atomic mass is 9.80. The minimum atomic E-state index is -4.99. The first kappa shape index (κ1) is 15.2. The average Bonchev–Trinajstić information content (AvgIpc) is 2.36. The van der Waals surface area contributed by atoms with Gasteiger partial charge in [-0.15, -0.1) is 0 Å². The van der Waals surface area contributed by atoms with E-state index in [9.17, 15) is 22.4 Å². The van der Waals surface area contributed by atoms with E-state index in [0.29, 0.717) is 4.90 Å². The molecule has 1 aliphatic rings. The molecular formula is C14H11F4NO2. The van der Waals surface area contributed by atoms with E-state index < -0.39 is 35.2 Å². The van der Waals surface area contributed by atoms with Crippen LogP contribution in [-0.4, -0.2) is 12.3 Å². The average molecular weight is 301 g/mol. The van der Waals surface area contributed by atoms with Gasteiger partial charge in [0.2, 0.25) is 5.60 Å². The molecule has 1 aliphatic heterocycles. The summed E-state index contributed by atoms with van der Waals surface area (Å²) < 4.78 is 59.5. The second-order valence-corrected chi connectivity index (χ2v) is 4.85. The number of halogens is 4. The van der Waals surface area contributed by atoms with E-state index in [4.69, 9.17) is 6.42 Å². The maximum atomic E-state index is 14.1. The van der Waals surface area contributed by atoms with Crippen LogP contribution >= 0.6 is 0 Å². The van der Waals surface area contributed by atoms with E-state index in [1.165, 1.54) is 19.9 Å². The molecule has 1 heterocycles. The standard InChI is InChI=1S/C14H11F4NO2/c1-4-19-10-7-5-6-9(15)11(10)13(8(2)3,14(16,17)18)21-12(19)20/h1,5-8H,2-3H3. The van der Waals surface area contributed by atoms with Gasteiger partial charge in [0, 0.05) is 12.0 Å². The van der Waals surface area contributed by atoms with Crippen molar-refractivity contribution in [2.45, 2.75) is 25.6 Å². The van der Waals surface area contributed by atoms with Crippen molar-refractivity contribution in [1.82, 2.24) is 0 Å². The molecule has 2 rings (SSSR count). The number of amides is 1. The Labute approximate surface area is 118 Å². The monoisotopic (exact) mass is 301 g/mol. The SMILES string of the molecule is C#CN1C(=O)OC(C(C)C)(C(F)(F)F)c2c(F)cccc21. The third-order valence-corrected chi connectivity index (χ3v) is 3.40. The van der Waals surface area contributed by atoms with Crippen molar-refractivity contribution < 1.29 is 27.1 Å². The van der Waals surface area contributed by atoms with Crippen LogP contribution in [0.15, 0.2) is 18.2 Å². The van der Waals surface area contributed by atoms with E-state index in [0.717, 1.165) is 12.1 Å². The van der Waals surface area contributed by atoms with Crippen LogP contribution in [0.4, 0.5) is 28.0 Å². The van der Waals surface area contributed by atoms with Crippen molar-refractivity contribution in [3.05, 3.63) is 29.6 Å². The van der Waals surface area contributed by atoms with Crippen molar-refractivity contribution in [3.8, 4) is 12.5 Å². The van der Waals surface area contributed by atoms with Gasteiger partial charge in [-0.25, -0.2) is 14.1 Å².